The van der Waals surface area contributed by atoms with E-state index in [1.807, 2.05) is 13.8 Å². The third-order valence-electron chi connectivity index (χ3n) is 3.47. The molecule has 1 rings (SSSR count). The molecule has 0 bridgehead atoms. The van der Waals surface area contributed by atoms with E-state index in [2.05, 4.69) is 26.1 Å². The zero-order chi connectivity index (χ0) is 15.6. The van der Waals surface area contributed by atoms with E-state index in [-0.39, 0.29) is 29.4 Å². The summed E-state index contributed by atoms with van der Waals surface area (Å²) in [6, 6.07) is -0.305. The molecule has 0 aromatic heterocycles. The van der Waals surface area contributed by atoms with Crippen LogP contribution < -0.4 is 5.32 Å². The van der Waals surface area contributed by atoms with Gasteiger partial charge in [-0.15, -0.1) is 0 Å². The molecule has 1 saturated heterocycles. The lowest BCUT2D eigenvalue weighted by atomic mass is 9.82. The van der Waals surface area contributed by atoms with Gasteiger partial charge in [-0.2, -0.15) is 0 Å². The third kappa shape index (κ3) is 5.39. The molecule has 1 heterocycles. The van der Waals surface area contributed by atoms with E-state index in [1.54, 1.807) is 4.90 Å². The Hall–Kier alpha value is -1.26. The predicted molar refractivity (Wildman–Crippen MR) is 78.7 cm³/mol. The van der Waals surface area contributed by atoms with E-state index in [9.17, 15) is 9.59 Å². The van der Waals surface area contributed by atoms with Crippen molar-refractivity contribution in [3.63, 3.8) is 0 Å². The number of aliphatic carboxylic acids is 1. The highest BCUT2D eigenvalue weighted by Crippen LogP contribution is 2.28. The molecule has 5 nitrogen and oxygen atoms in total. The van der Waals surface area contributed by atoms with E-state index in [0.717, 1.165) is 19.3 Å². The second-order valence-corrected chi connectivity index (χ2v) is 7.64. The molecule has 0 aliphatic carbocycles. The number of amides is 2. The zero-order valence-corrected chi connectivity index (χ0v) is 13.3. The van der Waals surface area contributed by atoms with Crippen molar-refractivity contribution in [1.29, 1.82) is 0 Å². The van der Waals surface area contributed by atoms with Gasteiger partial charge in [0.25, 0.3) is 0 Å². The predicted octanol–water partition coefficient (Wildman–Crippen LogP) is 2.85. The molecule has 20 heavy (non-hydrogen) atoms. The zero-order valence-electron chi connectivity index (χ0n) is 13.3. The van der Waals surface area contributed by atoms with Gasteiger partial charge in [0.2, 0.25) is 0 Å². The highest BCUT2D eigenvalue weighted by atomic mass is 16.4. The number of carbonyl (C=O) groups excluding carboxylic acids is 1. The minimum absolute atomic E-state index is 0.0348. The molecular formula is C15H28N2O3. The van der Waals surface area contributed by atoms with E-state index in [0.29, 0.717) is 6.54 Å². The molecule has 1 aliphatic heterocycles. The number of rotatable bonds is 4. The normalized spacial score (nSPS) is 20.1. The summed E-state index contributed by atoms with van der Waals surface area (Å²) < 4.78 is 0. The summed E-state index contributed by atoms with van der Waals surface area (Å²) in [5, 5.41) is 12.0. The summed E-state index contributed by atoms with van der Waals surface area (Å²) in [5.41, 5.74) is -0.173. The monoisotopic (exact) mass is 284 g/mol. The number of carboxylic acid groups (broad SMARTS) is 1. The van der Waals surface area contributed by atoms with Gasteiger partial charge in [0.15, 0.2) is 0 Å². The summed E-state index contributed by atoms with van der Waals surface area (Å²) in [6.07, 6.45) is 2.56. The summed E-state index contributed by atoms with van der Waals surface area (Å²) in [6.45, 7) is 11.1. The van der Waals surface area contributed by atoms with Crippen LogP contribution in [0.15, 0.2) is 0 Å². The van der Waals surface area contributed by atoms with Crippen LogP contribution in [0.1, 0.15) is 60.3 Å². The fourth-order valence-electron chi connectivity index (χ4n) is 3.25. The topological polar surface area (TPSA) is 69.6 Å². The van der Waals surface area contributed by atoms with Gasteiger partial charge < -0.3 is 15.3 Å². The minimum atomic E-state index is -0.844. The first-order valence-corrected chi connectivity index (χ1v) is 7.31. The van der Waals surface area contributed by atoms with Crippen LogP contribution in [0.5, 0.6) is 0 Å². The Morgan fingerprint density at radius 1 is 1.25 bits per heavy atom. The number of nitrogens with zero attached hydrogens (tertiary/aromatic N) is 1. The molecular weight excluding hydrogens is 256 g/mol. The van der Waals surface area contributed by atoms with Crippen LogP contribution >= 0.6 is 0 Å². The van der Waals surface area contributed by atoms with Gasteiger partial charge in [-0.25, -0.2) is 4.79 Å². The number of nitrogens with one attached hydrogen (secondary N) is 1. The van der Waals surface area contributed by atoms with Crippen LogP contribution in [-0.4, -0.2) is 40.1 Å². The summed E-state index contributed by atoms with van der Waals surface area (Å²) in [5.74, 6) is -0.844. The van der Waals surface area contributed by atoms with E-state index >= 15 is 0 Å². The number of likely N-dealkylation sites (tertiary alicyclic amines) is 1. The van der Waals surface area contributed by atoms with Gasteiger partial charge in [0.05, 0.1) is 6.42 Å². The summed E-state index contributed by atoms with van der Waals surface area (Å²) >= 11 is 0. The number of hydrogen-bond acceptors (Lipinski definition) is 2. The Balaban J connectivity index is 2.63. The quantitative estimate of drug-likeness (QED) is 0.834. The van der Waals surface area contributed by atoms with E-state index in [4.69, 9.17) is 5.11 Å². The Morgan fingerprint density at radius 2 is 1.85 bits per heavy atom. The van der Waals surface area contributed by atoms with Crippen LogP contribution in [-0.2, 0) is 4.79 Å². The van der Waals surface area contributed by atoms with Crippen molar-refractivity contribution >= 4 is 12.0 Å². The standard InChI is InChI=1S/C15H28N2O3/c1-14(2,3)10-15(4,5)16-13(20)17-8-6-7-11(17)9-12(18)19/h11H,6-10H2,1-5H3,(H,16,20)(H,18,19). The molecule has 2 N–H and O–H groups in total. The second kappa shape index (κ2) is 6.02. The van der Waals surface area contributed by atoms with Gasteiger partial charge in [-0.1, -0.05) is 20.8 Å². The van der Waals surface area contributed by atoms with Crippen molar-refractivity contribution in [3.05, 3.63) is 0 Å². The highest BCUT2D eigenvalue weighted by Gasteiger charge is 2.34. The van der Waals surface area contributed by atoms with Crippen molar-refractivity contribution in [2.24, 2.45) is 5.41 Å². The number of urea groups is 1. The third-order valence-corrected chi connectivity index (χ3v) is 3.47. The lowest BCUT2D eigenvalue weighted by molar-refractivity contribution is -0.137. The molecule has 1 atom stereocenters. The molecule has 0 aromatic rings. The fourth-order valence-corrected chi connectivity index (χ4v) is 3.25. The molecule has 0 saturated carbocycles. The van der Waals surface area contributed by atoms with Crippen LogP contribution in [0, 0.1) is 5.41 Å². The van der Waals surface area contributed by atoms with Crippen LogP contribution in [0.4, 0.5) is 4.79 Å². The highest BCUT2D eigenvalue weighted by molar-refractivity contribution is 5.77. The first-order chi connectivity index (χ1) is 9.00. The summed E-state index contributed by atoms with van der Waals surface area (Å²) in [4.78, 5) is 24.9. The first kappa shape index (κ1) is 16.8. The van der Waals surface area contributed by atoms with Crippen molar-refractivity contribution in [2.75, 3.05) is 6.54 Å². The maximum Gasteiger partial charge on any atom is 0.318 e. The van der Waals surface area contributed by atoms with Crippen LogP contribution in [0.2, 0.25) is 0 Å². The van der Waals surface area contributed by atoms with Crippen molar-refractivity contribution in [3.8, 4) is 0 Å². The van der Waals surface area contributed by atoms with Crippen molar-refractivity contribution in [2.45, 2.75) is 71.9 Å². The number of hydrogen-bond donors (Lipinski definition) is 2. The van der Waals surface area contributed by atoms with Crippen LogP contribution in [0.3, 0.4) is 0 Å². The molecule has 0 radical (unpaired) electrons. The Labute approximate surface area is 121 Å². The molecule has 1 aliphatic rings. The number of carbonyl (C=O) groups is 2. The van der Waals surface area contributed by atoms with Gasteiger partial charge in [0, 0.05) is 18.1 Å². The van der Waals surface area contributed by atoms with Gasteiger partial charge in [-0.3, -0.25) is 4.79 Å². The first-order valence-electron chi connectivity index (χ1n) is 7.31. The molecule has 0 spiro atoms. The average Bonchev–Trinajstić information content (AvgIpc) is 2.59. The van der Waals surface area contributed by atoms with Crippen molar-refractivity contribution in [1.82, 2.24) is 10.2 Å². The maximum absolute atomic E-state index is 12.4. The van der Waals surface area contributed by atoms with E-state index in [1.165, 1.54) is 0 Å². The molecule has 0 aromatic carbocycles. The molecule has 2 amide bonds. The van der Waals surface area contributed by atoms with Gasteiger partial charge >= 0.3 is 12.0 Å². The van der Waals surface area contributed by atoms with Gasteiger partial charge in [-0.05, 0) is 38.5 Å². The molecule has 1 unspecified atom stereocenters. The maximum atomic E-state index is 12.4. The lowest BCUT2D eigenvalue weighted by Gasteiger charge is -2.35. The molecule has 1 fully saturated rings. The minimum Gasteiger partial charge on any atom is -0.481 e. The fraction of sp³-hybridized carbons (Fsp3) is 0.867. The largest absolute Gasteiger partial charge is 0.481 e. The lowest BCUT2D eigenvalue weighted by Crippen LogP contribution is -2.52. The molecule has 5 heteroatoms. The van der Waals surface area contributed by atoms with Crippen molar-refractivity contribution < 1.29 is 14.7 Å². The summed E-state index contributed by atoms with van der Waals surface area (Å²) in [7, 11) is 0. The Kier molecular flexibility index (Phi) is 5.05. The van der Waals surface area contributed by atoms with E-state index < -0.39 is 5.97 Å². The smallest absolute Gasteiger partial charge is 0.318 e. The Morgan fingerprint density at radius 3 is 2.35 bits per heavy atom. The second-order valence-electron chi connectivity index (χ2n) is 7.64. The van der Waals surface area contributed by atoms with Gasteiger partial charge in [0.1, 0.15) is 0 Å². The number of carboxylic acids is 1. The Bertz CT molecular complexity index is 372. The molecule has 116 valence electrons. The van der Waals surface area contributed by atoms with Crippen LogP contribution in [0.25, 0.3) is 0 Å². The average molecular weight is 284 g/mol. The SMILES string of the molecule is CC(C)(C)CC(C)(C)NC(=O)N1CCCC1CC(=O)O.